The van der Waals surface area contributed by atoms with Crippen molar-refractivity contribution in [2.75, 3.05) is 17.1 Å². The minimum atomic E-state index is -3.57. The Kier molecular flexibility index (Phi) is 10.4. The molecule has 0 radical (unpaired) electrons. The van der Waals surface area contributed by atoms with Crippen LogP contribution in [0.25, 0.3) is 0 Å². The monoisotopic (exact) mass is 547 g/mol. The number of hydrogen-bond donors (Lipinski definition) is 1. The summed E-state index contributed by atoms with van der Waals surface area (Å²) in [4.78, 5) is 28.2. The molecule has 0 heterocycles. The normalized spacial score (nSPS) is 15.1. The molecule has 0 spiro atoms. The molecule has 1 aliphatic rings. The maximum Gasteiger partial charge on any atom is 0.242 e. The van der Waals surface area contributed by atoms with Gasteiger partial charge >= 0.3 is 0 Å². The predicted octanol–water partition coefficient (Wildman–Crippen LogP) is 5.06. The number of amides is 2. The zero-order valence-corrected chi connectivity index (χ0v) is 23.5. The summed E-state index contributed by atoms with van der Waals surface area (Å²) in [6, 6.07) is 14.0. The minimum absolute atomic E-state index is 0.111. The van der Waals surface area contributed by atoms with E-state index in [0.717, 1.165) is 43.1 Å². The van der Waals surface area contributed by atoms with Gasteiger partial charge in [0.15, 0.2) is 0 Å². The van der Waals surface area contributed by atoms with E-state index in [1.54, 1.807) is 36.1 Å². The number of anilines is 1. The van der Waals surface area contributed by atoms with Gasteiger partial charge in [-0.15, -0.1) is 0 Å². The molecular weight excluding hydrogens is 510 g/mol. The van der Waals surface area contributed by atoms with Crippen LogP contribution in [0.4, 0.5) is 5.69 Å². The van der Waals surface area contributed by atoms with Crippen LogP contribution in [-0.2, 0) is 26.2 Å². The van der Waals surface area contributed by atoms with Crippen molar-refractivity contribution in [2.24, 2.45) is 0 Å². The molecule has 2 amide bonds. The van der Waals surface area contributed by atoms with Gasteiger partial charge in [0.05, 0.1) is 11.9 Å². The van der Waals surface area contributed by atoms with Crippen molar-refractivity contribution in [3.63, 3.8) is 0 Å². The van der Waals surface area contributed by atoms with Gasteiger partial charge in [0.1, 0.15) is 6.04 Å². The van der Waals surface area contributed by atoms with Crippen LogP contribution < -0.4 is 9.62 Å². The van der Waals surface area contributed by atoms with Gasteiger partial charge in [-0.3, -0.25) is 13.9 Å². The quantitative estimate of drug-likeness (QED) is 0.426. The predicted molar refractivity (Wildman–Crippen MR) is 149 cm³/mol. The van der Waals surface area contributed by atoms with Gasteiger partial charge in [-0.1, -0.05) is 66.8 Å². The number of nitrogens with zero attached hydrogens (tertiary/aromatic N) is 2. The van der Waals surface area contributed by atoms with E-state index in [2.05, 4.69) is 5.32 Å². The number of carbonyl (C=O) groups excluding carboxylic acids is 2. The third-order valence-corrected chi connectivity index (χ3v) is 8.27. The van der Waals surface area contributed by atoms with Crippen LogP contribution in [0.2, 0.25) is 5.02 Å². The molecule has 3 rings (SSSR count). The first kappa shape index (κ1) is 29.0. The van der Waals surface area contributed by atoms with Crippen LogP contribution in [-0.4, -0.2) is 50.0 Å². The Morgan fingerprint density at radius 3 is 2.38 bits per heavy atom. The third-order valence-electron chi connectivity index (χ3n) is 6.84. The molecule has 1 atom stereocenters. The van der Waals surface area contributed by atoms with E-state index >= 15 is 0 Å². The van der Waals surface area contributed by atoms with E-state index in [9.17, 15) is 18.0 Å². The van der Waals surface area contributed by atoms with Gasteiger partial charge in [-0.25, -0.2) is 8.42 Å². The molecule has 9 heteroatoms. The summed E-state index contributed by atoms with van der Waals surface area (Å²) >= 11 is 6.07. The fraction of sp³-hybridized carbons (Fsp3) is 0.500. The number of rotatable bonds is 11. The molecule has 1 aliphatic carbocycles. The van der Waals surface area contributed by atoms with Crippen LogP contribution >= 0.6 is 11.6 Å². The molecule has 202 valence electrons. The van der Waals surface area contributed by atoms with Crippen molar-refractivity contribution in [2.45, 2.75) is 77.4 Å². The summed E-state index contributed by atoms with van der Waals surface area (Å²) < 4.78 is 26.1. The van der Waals surface area contributed by atoms with Crippen molar-refractivity contribution >= 4 is 39.1 Å². The molecule has 2 aromatic rings. The summed E-state index contributed by atoms with van der Waals surface area (Å²) in [5.41, 5.74) is 2.51. The number of benzene rings is 2. The van der Waals surface area contributed by atoms with Crippen molar-refractivity contribution in [3.05, 3.63) is 64.7 Å². The van der Waals surface area contributed by atoms with Gasteiger partial charge in [0.25, 0.3) is 0 Å². The molecule has 0 unspecified atom stereocenters. The molecule has 0 aromatic heterocycles. The Labute approximate surface area is 226 Å². The molecule has 0 bridgehead atoms. The number of hydrogen-bond acceptors (Lipinski definition) is 4. The molecule has 1 saturated carbocycles. The summed E-state index contributed by atoms with van der Waals surface area (Å²) in [6.45, 7) is 4.20. The highest BCUT2D eigenvalue weighted by molar-refractivity contribution is 7.92. The summed E-state index contributed by atoms with van der Waals surface area (Å²) in [5.74, 6) is -0.338. The SMILES string of the molecule is Cc1ccc(CN(C(=O)CCCN(c2cccc(Cl)c2)S(C)(=O)=O)[C@@H](C)C(=O)NC2CCCCC2)cc1. The second-order valence-electron chi connectivity index (χ2n) is 9.95. The first-order valence-corrected chi connectivity index (χ1v) is 15.2. The molecule has 0 aliphatic heterocycles. The molecule has 1 N–H and O–H groups in total. The second kappa shape index (κ2) is 13.3. The topological polar surface area (TPSA) is 86.8 Å². The standard InChI is InChI=1S/C28H38ClN3O4S/c1-21-14-16-23(17-15-21)20-31(22(2)28(34)30-25-10-5-4-6-11-25)27(33)13-8-18-32(37(3,35)36)26-12-7-9-24(29)19-26/h7,9,12,14-17,19,22,25H,4-6,8,10-11,13,18,20H2,1-3H3,(H,30,34)/t22-/m0/s1. The van der Waals surface area contributed by atoms with Gasteiger partial charge in [-0.05, 0) is 56.9 Å². The van der Waals surface area contributed by atoms with E-state index in [1.807, 2.05) is 31.2 Å². The smallest absolute Gasteiger partial charge is 0.242 e. The maximum absolute atomic E-state index is 13.4. The van der Waals surface area contributed by atoms with Crippen LogP contribution in [0.5, 0.6) is 0 Å². The second-order valence-corrected chi connectivity index (χ2v) is 12.3. The summed E-state index contributed by atoms with van der Waals surface area (Å²) in [7, 11) is -3.57. The molecule has 37 heavy (non-hydrogen) atoms. The number of aryl methyl sites for hydroxylation is 1. The average Bonchev–Trinajstić information content (AvgIpc) is 2.85. The van der Waals surface area contributed by atoms with Gasteiger partial charge < -0.3 is 10.2 Å². The largest absolute Gasteiger partial charge is 0.352 e. The highest BCUT2D eigenvalue weighted by Crippen LogP contribution is 2.23. The Balaban J connectivity index is 1.71. The van der Waals surface area contributed by atoms with Gasteiger partial charge in [-0.2, -0.15) is 0 Å². The van der Waals surface area contributed by atoms with Crippen molar-refractivity contribution < 1.29 is 18.0 Å². The van der Waals surface area contributed by atoms with Crippen LogP contribution in [0.3, 0.4) is 0 Å². The van der Waals surface area contributed by atoms with E-state index in [4.69, 9.17) is 11.6 Å². The molecule has 1 fully saturated rings. The molecule has 0 saturated heterocycles. The van der Waals surface area contributed by atoms with Crippen molar-refractivity contribution in [1.82, 2.24) is 10.2 Å². The fourth-order valence-corrected chi connectivity index (χ4v) is 5.82. The van der Waals surface area contributed by atoms with Crippen LogP contribution in [0.15, 0.2) is 48.5 Å². The van der Waals surface area contributed by atoms with Crippen molar-refractivity contribution in [3.8, 4) is 0 Å². The highest BCUT2D eigenvalue weighted by atomic mass is 35.5. The Morgan fingerprint density at radius 1 is 1.08 bits per heavy atom. The zero-order valence-electron chi connectivity index (χ0n) is 22.0. The number of sulfonamides is 1. The molecule has 2 aromatic carbocycles. The first-order valence-electron chi connectivity index (χ1n) is 12.9. The van der Waals surface area contributed by atoms with Gasteiger partial charge in [0, 0.05) is 30.6 Å². The Morgan fingerprint density at radius 2 is 1.76 bits per heavy atom. The lowest BCUT2D eigenvalue weighted by atomic mass is 9.95. The molecule has 7 nitrogen and oxygen atoms in total. The summed E-state index contributed by atoms with van der Waals surface area (Å²) in [5, 5.41) is 3.57. The lowest BCUT2D eigenvalue weighted by Crippen LogP contribution is -2.50. The number of nitrogens with one attached hydrogen (secondary N) is 1. The Hall–Kier alpha value is -2.58. The van der Waals surface area contributed by atoms with Crippen LogP contribution in [0.1, 0.15) is 63.0 Å². The highest BCUT2D eigenvalue weighted by Gasteiger charge is 2.28. The first-order chi connectivity index (χ1) is 17.5. The third kappa shape index (κ3) is 8.75. The maximum atomic E-state index is 13.4. The van der Waals surface area contributed by atoms with Crippen LogP contribution in [0, 0.1) is 6.92 Å². The average molecular weight is 548 g/mol. The van der Waals surface area contributed by atoms with E-state index in [1.165, 1.54) is 10.7 Å². The zero-order chi connectivity index (χ0) is 27.0. The number of halogens is 1. The minimum Gasteiger partial charge on any atom is -0.352 e. The Bertz CT molecular complexity index is 1160. The molecular formula is C28H38ClN3O4S. The van der Waals surface area contributed by atoms with Crippen molar-refractivity contribution in [1.29, 1.82) is 0 Å². The van der Waals surface area contributed by atoms with E-state index < -0.39 is 16.1 Å². The fourth-order valence-electron chi connectivity index (χ4n) is 4.68. The van der Waals surface area contributed by atoms with E-state index in [0.29, 0.717) is 23.7 Å². The summed E-state index contributed by atoms with van der Waals surface area (Å²) in [6.07, 6.45) is 6.89. The lowest BCUT2D eigenvalue weighted by molar-refractivity contribution is -0.141. The van der Waals surface area contributed by atoms with Gasteiger partial charge in [0.2, 0.25) is 21.8 Å². The number of carbonyl (C=O) groups is 2. The lowest BCUT2D eigenvalue weighted by Gasteiger charge is -2.31. The van der Waals surface area contributed by atoms with E-state index in [-0.39, 0.29) is 30.8 Å².